The second-order valence-corrected chi connectivity index (χ2v) is 9.21. The number of amides is 2. The average Bonchev–Trinajstić information content (AvgIpc) is 3.47. The quantitative estimate of drug-likeness (QED) is 0.670. The fourth-order valence-corrected chi connectivity index (χ4v) is 5.53. The molecule has 5 rings (SSSR count). The van der Waals surface area contributed by atoms with Crippen molar-refractivity contribution in [3.63, 3.8) is 0 Å². The van der Waals surface area contributed by atoms with Gasteiger partial charge in [-0.25, -0.2) is 4.79 Å². The number of fused-ring (bicyclic) bond motifs is 4. The first-order valence-corrected chi connectivity index (χ1v) is 11.4. The van der Waals surface area contributed by atoms with Gasteiger partial charge in [-0.2, -0.15) is 13.2 Å². The SMILES string of the molecule is O=C(NC(C(=O)N1CC[C@H]2C(C(=O)O)[C@H]2C1)C(F)(F)F)OCC1c2ccccc2-c2ccccc21. The summed E-state index contributed by atoms with van der Waals surface area (Å²) >= 11 is 0. The molecule has 0 bridgehead atoms. The number of hydrogen-bond acceptors (Lipinski definition) is 4. The first-order valence-electron chi connectivity index (χ1n) is 11.4. The van der Waals surface area contributed by atoms with Crippen LogP contribution in [0, 0.1) is 17.8 Å². The zero-order valence-electron chi connectivity index (χ0n) is 18.5. The van der Waals surface area contributed by atoms with E-state index in [-0.39, 0.29) is 37.5 Å². The van der Waals surface area contributed by atoms with E-state index < -0.39 is 36.1 Å². The van der Waals surface area contributed by atoms with Crippen molar-refractivity contribution in [1.29, 1.82) is 0 Å². The summed E-state index contributed by atoms with van der Waals surface area (Å²) in [7, 11) is 0. The number of halogens is 3. The number of nitrogens with one attached hydrogen (secondary N) is 1. The van der Waals surface area contributed by atoms with Gasteiger partial charge >= 0.3 is 18.2 Å². The fourth-order valence-electron chi connectivity index (χ4n) is 5.53. The molecule has 35 heavy (non-hydrogen) atoms. The standard InChI is InChI=1S/C25H23F3N2O5/c26-25(27,28)21(22(31)30-10-9-17-18(11-30)20(17)23(32)33)29-24(34)35-12-19-15-7-3-1-5-13(15)14-6-2-4-8-16(14)19/h1-8,17-21H,9-12H2,(H,29,34)(H,32,33)/t17-,18+,20?,21?/m1/s1. The van der Waals surface area contributed by atoms with E-state index in [1.807, 2.05) is 48.5 Å². The molecule has 7 nitrogen and oxygen atoms in total. The van der Waals surface area contributed by atoms with Crippen molar-refractivity contribution in [3.8, 4) is 11.1 Å². The van der Waals surface area contributed by atoms with E-state index >= 15 is 0 Å². The van der Waals surface area contributed by atoms with Crippen LogP contribution in [0.4, 0.5) is 18.0 Å². The summed E-state index contributed by atoms with van der Waals surface area (Å²) in [4.78, 5) is 37.3. The van der Waals surface area contributed by atoms with Gasteiger partial charge < -0.3 is 20.1 Å². The van der Waals surface area contributed by atoms with Crippen LogP contribution in [-0.2, 0) is 14.3 Å². The molecule has 2 aromatic rings. The number of likely N-dealkylation sites (tertiary alicyclic amines) is 1. The van der Waals surface area contributed by atoms with Crippen LogP contribution < -0.4 is 5.32 Å². The Morgan fingerprint density at radius 2 is 1.63 bits per heavy atom. The number of carbonyl (C=O) groups is 3. The van der Waals surface area contributed by atoms with E-state index in [2.05, 4.69) is 0 Å². The van der Waals surface area contributed by atoms with Crippen LogP contribution in [0.15, 0.2) is 48.5 Å². The summed E-state index contributed by atoms with van der Waals surface area (Å²) in [6.07, 6.45) is -6.05. The maximum absolute atomic E-state index is 13.7. The molecule has 2 aliphatic carbocycles. The lowest BCUT2D eigenvalue weighted by molar-refractivity contribution is -0.175. The summed E-state index contributed by atoms with van der Waals surface area (Å²) in [6, 6.07) is 12.3. The molecule has 2 aromatic carbocycles. The van der Waals surface area contributed by atoms with Gasteiger partial charge in [0.05, 0.1) is 5.92 Å². The molecule has 1 heterocycles. The molecule has 2 amide bonds. The number of rotatable bonds is 5. The van der Waals surface area contributed by atoms with E-state index in [4.69, 9.17) is 4.74 Å². The molecule has 1 saturated heterocycles. The van der Waals surface area contributed by atoms with Crippen molar-refractivity contribution in [3.05, 3.63) is 59.7 Å². The number of alkyl halides is 3. The highest BCUT2D eigenvalue weighted by atomic mass is 19.4. The summed E-state index contributed by atoms with van der Waals surface area (Å²) in [5, 5.41) is 10.9. The first kappa shape index (κ1) is 23.2. The number of carbonyl (C=O) groups excluding carboxylic acids is 2. The Balaban J connectivity index is 1.25. The maximum atomic E-state index is 13.7. The zero-order chi connectivity index (χ0) is 24.9. The van der Waals surface area contributed by atoms with Crippen molar-refractivity contribution < 1.29 is 37.4 Å². The number of ether oxygens (including phenoxy) is 1. The van der Waals surface area contributed by atoms with E-state index in [0.717, 1.165) is 27.2 Å². The molecular formula is C25H23F3N2O5. The molecule has 4 atom stereocenters. The Kier molecular flexibility index (Phi) is 5.69. The van der Waals surface area contributed by atoms with Gasteiger partial charge in [-0.3, -0.25) is 9.59 Å². The highest BCUT2D eigenvalue weighted by Crippen LogP contribution is 2.52. The number of benzene rings is 2. The third-order valence-corrected chi connectivity index (χ3v) is 7.27. The second-order valence-electron chi connectivity index (χ2n) is 9.21. The molecule has 2 fully saturated rings. The lowest BCUT2D eigenvalue weighted by Crippen LogP contribution is -2.57. The van der Waals surface area contributed by atoms with E-state index in [1.165, 1.54) is 0 Å². The summed E-state index contributed by atoms with van der Waals surface area (Å²) in [5.41, 5.74) is 3.77. The van der Waals surface area contributed by atoms with Crippen molar-refractivity contribution in [2.24, 2.45) is 17.8 Å². The number of aliphatic carboxylic acids is 1. The monoisotopic (exact) mass is 488 g/mol. The fraction of sp³-hybridized carbons (Fsp3) is 0.400. The number of carboxylic acid groups (broad SMARTS) is 1. The molecule has 3 aliphatic rings. The molecule has 184 valence electrons. The van der Waals surface area contributed by atoms with Crippen LogP contribution in [0.5, 0.6) is 0 Å². The van der Waals surface area contributed by atoms with Crippen molar-refractivity contribution in [1.82, 2.24) is 10.2 Å². The largest absolute Gasteiger partial charge is 0.481 e. The lowest BCUT2D eigenvalue weighted by atomic mass is 9.98. The van der Waals surface area contributed by atoms with Gasteiger partial charge in [-0.15, -0.1) is 0 Å². The Bertz CT molecular complexity index is 1140. The van der Waals surface area contributed by atoms with Crippen LogP contribution >= 0.6 is 0 Å². The second kappa shape index (κ2) is 8.58. The van der Waals surface area contributed by atoms with Gasteiger partial charge in [-0.05, 0) is 40.5 Å². The number of carboxylic acids is 1. The lowest BCUT2D eigenvalue weighted by Gasteiger charge is -2.31. The predicted octanol–water partition coefficient (Wildman–Crippen LogP) is 3.64. The molecule has 10 heteroatoms. The minimum Gasteiger partial charge on any atom is -0.481 e. The van der Waals surface area contributed by atoms with Gasteiger partial charge in [0.25, 0.3) is 5.91 Å². The molecule has 0 radical (unpaired) electrons. The molecule has 1 aliphatic heterocycles. The molecular weight excluding hydrogens is 465 g/mol. The van der Waals surface area contributed by atoms with Crippen molar-refractivity contribution >= 4 is 18.0 Å². The molecule has 0 aromatic heterocycles. The van der Waals surface area contributed by atoms with E-state index in [1.54, 1.807) is 5.32 Å². The summed E-state index contributed by atoms with van der Waals surface area (Å²) in [5.74, 6) is -3.74. The number of hydrogen-bond donors (Lipinski definition) is 2. The minimum atomic E-state index is -5.03. The summed E-state index contributed by atoms with van der Waals surface area (Å²) in [6.45, 7) is -0.242. The van der Waals surface area contributed by atoms with Gasteiger partial charge in [-0.1, -0.05) is 48.5 Å². The normalized spacial score (nSPS) is 23.5. The van der Waals surface area contributed by atoms with Gasteiger partial charge in [0.1, 0.15) is 6.61 Å². The first-order chi connectivity index (χ1) is 16.7. The molecule has 1 saturated carbocycles. The van der Waals surface area contributed by atoms with Crippen molar-refractivity contribution in [2.75, 3.05) is 19.7 Å². The van der Waals surface area contributed by atoms with E-state index in [9.17, 15) is 32.7 Å². The third-order valence-electron chi connectivity index (χ3n) is 7.27. The van der Waals surface area contributed by atoms with Gasteiger partial charge in [0.2, 0.25) is 6.04 Å². The van der Waals surface area contributed by atoms with Crippen LogP contribution in [0.1, 0.15) is 23.5 Å². The molecule has 0 spiro atoms. The number of nitrogens with zero attached hydrogens (tertiary/aromatic N) is 1. The number of piperidine rings is 1. The number of alkyl carbamates (subject to hydrolysis) is 1. The molecule has 2 N–H and O–H groups in total. The predicted molar refractivity (Wildman–Crippen MR) is 117 cm³/mol. The van der Waals surface area contributed by atoms with Crippen LogP contribution in [-0.4, -0.2) is 59.9 Å². The van der Waals surface area contributed by atoms with Gasteiger partial charge in [0.15, 0.2) is 0 Å². The van der Waals surface area contributed by atoms with Crippen LogP contribution in [0.2, 0.25) is 0 Å². The topological polar surface area (TPSA) is 95.9 Å². The zero-order valence-corrected chi connectivity index (χ0v) is 18.5. The highest BCUT2D eigenvalue weighted by molar-refractivity contribution is 5.87. The smallest absolute Gasteiger partial charge is 0.417 e. The average molecular weight is 488 g/mol. The van der Waals surface area contributed by atoms with Crippen LogP contribution in [0.25, 0.3) is 11.1 Å². The third kappa shape index (κ3) is 4.21. The van der Waals surface area contributed by atoms with Gasteiger partial charge in [0, 0.05) is 19.0 Å². The Morgan fingerprint density at radius 3 is 2.20 bits per heavy atom. The van der Waals surface area contributed by atoms with E-state index in [0.29, 0.717) is 6.42 Å². The van der Waals surface area contributed by atoms with Crippen molar-refractivity contribution in [2.45, 2.75) is 24.6 Å². The summed E-state index contributed by atoms with van der Waals surface area (Å²) < 4.78 is 46.3. The van der Waals surface area contributed by atoms with Crippen LogP contribution in [0.3, 0.4) is 0 Å². The Morgan fingerprint density at radius 1 is 1.03 bits per heavy atom. The highest BCUT2D eigenvalue weighted by Gasteiger charge is 2.59. The molecule has 2 unspecified atom stereocenters. The Hall–Kier alpha value is -3.56. The maximum Gasteiger partial charge on any atom is 0.417 e. The Labute approximate surface area is 198 Å². The minimum absolute atomic E-state index is 0.0166.